The summed E-state index contributed by atoms with van der Waals surface area (Å²) in [4.78, 5) is 10.8. The van der Waals surface area contributed by atoms with Gasteiger partial charge in [0, 0.05) is 0 Å². The van der Waals surface area contributed by atoms with Crippen molar-refractivity contribution >= 4 is 21.9 Å². The van der Waals surface area contributed by atoms with Gasteiger partial charge >= 0.3 is 5.97 Å². The zero-order valence-corrected chi connectivity index (χ0v) is 13.1. The number of carboxylic acids is 1. The minimum atomic E-state index is -0.934. The first-order valence-electron chi connectivity index (χ1n) is 6.47. The highest BCUT2D eigenvalue weighted by Gasteiger charge is 2.05. The lowest BCUT2D eigenvalue weighted by atomic mass is 10.1. The summed E-state index contributed by atoms with van der Waals surface area (Å²) in [5, 5.41) is 8.84. The highest BCUT2D eigenvalue weighted by Crippen LogP contribution is 2.29. The zero-order valence-electron chi connectivity index (χ0n) is 11.5. The lowest BCUT2D eigenvalue weighted by Gasteiger charge is -2.10. The molecular formula is C16H15BrO4. The van der Waals surface area contributed by atoms with Crippen molar-refractivity contribution in [2.24, 2.45) is 0 Å². The Kier molecular flexibility index (Phi) is 5.22. The lowest BCUT2D eigenvalue weighted by molar-refractivity contribution is 0.0697. The molecule has 0 bridgehead atoms. The number of carbonyl (C=O) groups is 1. The Balaban J connectivity index is 2.00. The zero-order chi connectivity index (χ0) is 15.2. The van der Waals surface area contributed by atoms with Gasteiger partial charge in [-0.25, -0.2) is 4.79 Å². The summed E-state index contributed by atoms with van der Waals surface area (Å²) >= 11 is 3.44. The molecule has 0 saturated heterocycles. The van der Waals surface area contributed by atoms with Crippen molar-refractivity contribution in [1.82, 2.24) is 0 Å². The van der Waals surface area contributed by atoms with E-state index in [-0.39, 0.29) is 5.56 Å². The Hall–Kier alpha value is -2.01. The van der Waals surface area contributed by atoms with Gasteiger partial charge in [-0.15, -0.1) is 0 Å². The number of aromatic carboxylic acids is 1. The van der Waals surface area contributed by atoms with Crippen molar-refractivity contribution < 1.29 is 19.4 Å². The van der Waals surface area contributed by atoms with E-state index in [1.54, 1.807) is 24.3 Å². The van der Waals surface area contributed by atoms with Crippen molar-refractivity contribution in [2.75, 3.05) is 6.61 Å². The first-order valence-corrected chi connectivity index (χ1v) is 7.27. The van der Waals surface area contributed by atoms with E-state index >= 15 is 0 Å². The van der Waals surface area contributed by atoms with Crippen LogP contribution in [0.4, 0.5) is 0 Å². The molecule has 0 radical (unpaired) electrons. The second-order valence-electron chi connectivity index (χ2n) is 4.32. The van der Waals surface area contributed by atoms with Gasteiger partial charge in [-0.3, -0.25) is 0 Å². The van der Waals surface area contributed by atoms with Crippen LogP contribution in [0, 0.1) is 0 Å². The first-order chi connectivity index (χ1) is 10.1. The first kappa shape index (κ1) is 15.4. The fraction of sp³-hybridized carbons (Fsp3) is 0.188. The van der Waals surface area contributed by atoms with Gasteiger partial charge in [-0.2, -0.15) is 0 Å². The maximum Gasteiger partial charge on any atom is 0.335 e. The van der Waals surface area contributed by atoms with Crippen molar-refractivity contribution in [3.05, 3.63) is 58.1 Å². The number of carboxylic acid groups (broad SMARTS) is 1. The Labute approximate surface area is 131 Å². The van der Waals surface area contributed by atoms with Gasteiger partial charge in [0.25, 0.3) is 0 Å². The Bertz CT molecular complexity index is 623. The van der Waals surface area contributed by atoms with Gasteiger partial charge < -0.3 is 14.6 Å². The molecule has 110 valence electrons. The number of benzene rings is 2. The predicted octanol–water partition coefficient (Wildman–Crippen LogP) is 4.13. The third kappa shape index (κ3) is 4.23. The minimum Gasteiger partial charge on any atom is -0.494 e. The molecular weight excluding hydrogens is 336 g/mol. The average molecular weight is 351 g/mol. The molecule has 0 heterocycles. The number of ether oxygens (including phenoxy) is 2. The lowest BCUT2D eigenvalue weighted by Crippen LogP contribution is -1.99. The maximum absolute atomic E-state index is 10.8. The summed E-state index contributed by atoms with van der Waals surface area (Å²) < 4.78 is 11.9. The van der Waals surface area contributed by atoms with Crippen LogP contribution in [-0.2, 0) is 6.61 Å². The smallest absolute Gasteiger partial charge is 0.335 e. The van der Waals surface area contributed by atoms with E-state index in [2.05, 4.69) is 15.9 Å². The van der Waals surface area contributed by atoms with E-state index in [1.807, 2.05) is 25.1 Å². The number of hydrogen-bond donors (Lipinski definition) is 1. The second-order valence-corrected chi connectivity index (χ2v) is 5.17. The van der Waals surface area contributed by atoms with Crippen LogP contribution < -0.4 is 9.47 Å². The van der Waals surface area contributed by atoms with Crippen LogP contribution in [0.2, 0.25) is 0 Å². The summed E-state index contributed by atoms with van der Waals surface area (Å²) in [6.45, 7) is 2.91. The summed E-state index contributed by atoms with van der Waals surface area (Å²) in [6, 6.07) is 12.1. The molecule has 21 heavy (non-hydrogen) atoms. The van der Waals surface area contributed by atoms with Crippen LogP contribution in [0.5, 0.6) is 11.5 Å². The number of hydrogen-bond acceptors (Lipinski definition) is 3. The summed E-state index contributed by atoms with van der Waals surface area (Å²) in [7, 11) is 0. The highest BCUT2D eigenvalue weighted by molar-refractivity contribution is 9.10. The van der Waals surface area contributed by atoms with Gasteiger partial charge in [0.2, 0.25) is 0 Å². The molecule has 0 aliphatic rings. The van der Waals surface area contributed by atoms with Crippen molar-refractivity contribution in [1.29, 1.82) is 0 Å². The van der Waals surface area contributed by atoms with Crippen molar-refractivity contribution in [3.63, 3.8) is 0 Å². The average Bonchev–Trinajstić information content (AvgIpc) is 2.47. The van der Waals surface area contributed by atoms with Crippen LogP contribution in [0.1, 0.15) is 22.8 Å². The van der Waals surface area contributed by atoms with E-state index in [4.69, 9.17) is 14.6 Å². The Morgan fingerprint density at radius 3 is 2.43 bits per heavy atom. The van der Waals surface area contributed by atoms with E-state index in [9.17, 15) is 4.79 Å². The van der Waals surface area contributed by atoms with E-state index in [0.29, 0.717) is 19.0 Å². The van der Waals surface area contributed by atoms with Crippen LogP contribution in [0.3, 0.4) is 0 Å². The van der Waals surface area contributed by atoms with Gasteiger partial charge in [0.05, 0.1) is 16.6 Å². The number of halogens is 1. The molecule has 0 aliphatic heterocycles. The summed E-state index contributed by atoms with van der Waals surface area (Å²) in [5.41, 5.74) is 1.17. The molecule has 0 atom stereocenters. The highest BCUT2D eigenvalue weighted by atomic mass is 79.9. The molecule has 1 N–H and O–H groups in total. The quantitative estimate of drug-likeness (QED) is 0.850. The third-order valence-corrected chi connectivity index (χ3v) is 3.43. The molecule has 4 nitrogen and oxygen atoms in total. The van der Waals surface area contributed by atoms with E-state index in [1.165, 1.54) is 0 Å². The molecule has 0 aliphatic carbocycles. The topological polar surface area (TPSA) is 55.8 Å². The molecule has 2 aromatic rings. The van der Waals surface area contributed by atoms with Gasteiger partial charge in [0.15, 0.2) is 0 Å². The van der Waals surface area contributed by atoms with Crippen LogP contribution >= 0.6 is 15.9 Å². The van der Waals surface area contributed by atoms with Gasteiger partial charge in [-0.05, 0) is 58.7 Å². The monoisotopic (exact) mass is 350 g/mol. The van der Waals surface area contributed by atoms with Gasteiger partial charge in [0.1, 0.15) is 18.1 Å². The fourth-order valence-electron chi connectivity index (χ4n) is 1.76. The standard InChI is InChI=1S/C16H15BrO4/c1-2-20-13-7-8-15(14(17)9-13)21-10-11-3-5-12(6-4-11)16(18)19/h3-9H,2,10H2,1H3,(H,18,19). The van der Waals surface area contributed by atoms with E-state index < -0.39 is 5.97 Å². The summed E-state index contributed by atoms with van der Waals surface area (Å²) in [6.07, 6.45) is 0. The second kappa shape index (κ2) is 7.13. The molecule has 0 fully saturated rings. The Morgan fingerprint density at radius 2 is 1.86 bits per heavy atom. The predicted molar refractivity (Wildman–Crippen MR) is 83.0 cm³/mol. The molecule has 0 saturated carbocycles. The van der Waals surface area contributed by atoms with Crippen LogP contribution in [-0.4, -0.2) is 17.7 Å². The maximum atomic E-state index is 10.8. The third-order valence-electron chi connectivity index (χ3n) is 2.81. The van der Waals surface area contributed by atoms with Crippen molar-refractivity contribution in [2.45, 2.75) is 13.5 Å². The normalized spacial score (nSPS) is 10.2. The molecule has 2 rings (SSSR count). The molecule has 0 spiro atoms. The SMILES string of the molecule is CCOc1ccc(OCc2ccc(C(=O)O)cc2)c(Br)c1. The van der Waals surface area contributed by atoms with Crippen LogP contribution in [0.25, 0.3) is 0 Å². The van der Waals surface area contributed by atoms with E-state index in [0.717, 1.165) is 15.8 Å². The number of rotatable bonds is 6. The molecule has 0 amide bonds. The van der Waals surface area contributed by atoms with Gasteiger partial charge in [-0.1, -0.05) is 12.1 Å². The molecule has 2 aromatic carbocycles. The largest absolute Gasteiger partial charge is 0.494 e. The minimum absolute atomic E-state index is 0.265. The molecule has 5 heteroatoms. The molecule has 0 aromatic heterocycles. The fourth-order valence-corrected chi connectivity index (χ4v) is 2.23. The summed E-state index contributed by atoms with van der Waals surface area (Å²) in [5.74, 6) is 0.556. The van der Waals surface area contributed by atoms with Crippen molar-refractivity contribution in [3.8, 4) is 11.5 Å². The Morgan fingerprint density at radius 1 is 1.14 bits per heavy atom. The molecule has 0 unspecified atom stereocenters. The van der Waals surface area contributed by atoms with Crippen LogP contribution in [0.15, 0.2) is 46.9 Å².